The van der Waals surface area contributed by atoms with Gasteiger partial charge in [0.05, 0.1) is 27.7 Å². The van der Waals surface area contributed by atoms with Gasteiger partial charge in [-0.3, -0.25) is 9.05 Å². The summed E-state index contributed by atoms with van der Waals surface area (Å²) in [4.78, 5) is 32.6. The number of likely N-dealkylation sites (N-methyl/N-ethyl adjacent to an activating group) is 1. The highest BCUT2D eigenvalue weighted by Gasteiger charge is 2.16. The Bertz CT molecular complexity index is 320. The zero-order valence-electron chi connectivity index (χ0n) is 11.2. The molecular weight excluding hydrogens is 302 g/mol. The molecule has 0 aliphatic carbocycles. The zero-order chi connectivity index (χ0) is 15.7. The van der Waals surface area contributed by atoms with Gasteiger partial charge in [0, 0.05) is 6.54 Å². The largest absolute Gasteiger partial charge is 0.469 e. The summed E-state index contributed by atoms with van der Waals surface area (Å²) in [6.07, 6.45) is 0. The minimum Gasteiger partial charge on any atom is -0.329 e. The second-order valence-corrected chi connectivity index (χ2v) is 6.93. The average molecular weight is 325 g/mol. The molecule has 0 atom stereocenters. The van der Waals surface area contributed by atoms with Crippen LogP contribution in [0.1, 0.15) is 0 Å². The molecule has 118 valence electrons. The Labute approximate surface area is 112 Å². The Kier molecular flexibility index (Phi) is 10.3. The third kappa shape index (κ3) is 27.4. The second-order valence-electron chi connectivity index (χ2n) is 4.45. The third-order valence-corrected chi connectivity index (χ3v) is 2.44. The fraction of sp³-hybridized carbons (Fsp3) is 1.00. The van der Waals surface area contributed by atoms with E-state index in [2.05, 4.69) is 9.05 Å². The standard InChI is InChI=1S/C5H14NO4P.C2H8NO4P/c1-6(2,3)4-5-10-11(7,8)9;3-1-2-7-8(4,5)6/h4-5H2,1-3H3,(H-,7,8,9);1-3H2,(H2,4,5,6)/p+1. The summed E-state index contributed by atoms with van der Waals surface area (Å²) in [7, 11) is -2.76. The van der Waals surface area contributed by atoms with Gasteiger partial charge in [0.15, 0.2) is 0 Å². The fourth-order valence-corrected chi connectivity index (χ4v) is 1.27. The van der Waals surface area contributed by atoms with Crippen LogP contribution in [0.15, 0.2) is 0 Å². The number of hydrogen-bond donors (Lipinski definition) is 5. The summed E-state index contributed by atoms with van der Waals surface area (Å²) < 4.78 is 28.8. The highest BCUT2D eigenvalue weighted by atomic mass is 31.2. The highest BCUT2D eigenvalue weighted by Crippen LogP contribution is 2.35. The molecule has 0 spiro atoms. The topological polar surface area (TPSA) is 160 Å². The van der Waals surface area contributed by atoms with Gasteiger partial charge >= 0.3 is 15.6 Å². The van der Waals surface area contributed by atoms with E-state index in [4.69, 9.17) is 25.3 Å². The summed E-state index contributed by atoms with van der Waals surface area (Å²) in [5.74, 6) is 0. The number of nitrogens with zero attached hydrogens (tertiary/aromatic N) is 1. The van der Waals surface area contributed by atoms with Crippen molar-refractivity contribution in [2.75, 3.05) is 47.4 Å². The van der Waals surface area contributed by atoms with E-state index in [1.165, 1.54) is 0 Å². The van der Waals surface area contributed by atoms with Crippen molar-refractivity contribution < 1.29 is 42.2 Å². The van der Waals surface area contributed by atoms with Crippen LogP contribution in [-0.2, 0) is 18.2 Å². The molecule has 0 aliphatic rings. The molecule has 0 aliphatic heterocycles. The van der Waals surface area contributed by atoms with Crippen molar-refractivity contribution in [2.45, 2.75) is 0 Å². The Balaban J connectivity index is 0. The van der Waals surface area contributed by atoms with Crippen LogP contribution >= 0.6 is 15.6 Å². The zero-order valence-corrected chi connectivity index (χ0v) is 13.0. The van der Waals surface area contributed by atoms with Crippen molar-refractivity contribution in [1.29, 1.82) is 0 Å². The molecule has 12 heteroatoms. The molecule has 0 saturated carbocycles. The van der Waals surface area contributed by atoms with Crippen molar-refractivity contribution in [2.24, 2.45) is 5.73 Å². The molecule has 0 aromatic rings. The van der Waals surface area contributed by atoms with Crippen molar-refractivity contribution >= 4 is 15.6 Å². The van der Waals surface area contributed by atoms with E-state index in [1.807, 2.05) is 21.1 Å². The molecular formula is C7H23N2O8P2+. The van der Waals surface area contributed by atoms with E-state index < -0.39 is 15.6 Å². The van der Waals surface area contributed by atoms with Crippen LogP contribution in [0.25, 0.3) is 0 Å². The quantitative estimate of drug-likeness (QED) is 0.288. The number of phosphoric acid groups is 2. The summed E-state index contributed by atoms with van der Waals surface area (Å²) in [5, 5.41) is 0. The summed E-state index contributed by atoms with van der Waals surface area (Å²) in [5.41, 5.74) is 4.87. The van der Waals surface area contributed by atoms with E-state index in [0.29, 0.717) is 11.0 Å². The molecule has 0 amide bonds. The van der Waals surface area contributed by atoms with Gasteiger partial charge in [-0.15, -0.1) is 0 Å². The average Bonchev–Trinajstić information content (AvgIpc) is 2.10. The Morgan fingerprint density at radius 3 is 1.53 bits per heavy atom. The SMILES string of the molecule is C[N+](C)(C)CCOP(=O)(O)O.NCCOP(=O)(O)O. The van der Waals surface area contributed by atoms with Crippen LogP contribution in [0, 0.1) is 0 Å². The van der Waals surface area contributed by atoms with Gasteiger partial charge in [0.25, 0.3) is 0 Å². The van der Waals surface area contributed by atoms with Gasteiger partial charge in [-0.25, -0.2) is 9.13 Å². The van der Waals surface area contributed by atoms with Crippen molar-refractivity contribution in [3.05, 3.63) is 0 Å². The number of rotatable bonds is 7. The van der Waals surface area contributed by atoms with E-state index in [1.54, 1.807) is 0 Å². The normalized spacial score (nSPS) is 12.8. The van der Waals surface area contributed by atoms with E-state index in [-0.39, 0.29) is 19.8 Å². The molecule has 0 unspecified atom stereocenters. The first-order chi connectivity index (χ1) is 8.27. The maximum atomic E-state index is 10.2. The van der Waals surface area contributed by atoms with E-state index >= 15 is 0 Å². The fourth-order valence-electron chi connectivity index (χ4n) is 0.605. The molecule has 6 N–H and O–H groups in total. The molecule has 0 rings (SSSR count). The smallest absolute Gasteiger partial charge is 0.329 e. The van der Waals surface area contributed by atoms with Crippen molar-refractivity contribution in [1.82, 2.24) is 0 Å². The molecule has 19 heavy (non-hydrogen) atoms. The van der Waals surface area contributed by atoms with Crippen LogP contribution in [0.3, 0.4) is 0 Å². The van der Waals surface area contributed by atoms with E-state index in [9.17, 15) is 9.13 Å². The van der Waals surface area contributed by atoms with Crippen molar-refractivity contribution in [3.63, 3.8) is 0 Å². The minimum absolute atomic E-state index is 0.0772. The lowest BCUT2D eigenvalue weighted by Crippen LogP contribution is -2.37. The van der Waals surface area contributed by atoms with E-state index in [0.717, 1.165) is 0 Å². The van der Waals surface area contributed by atoms with Crippen LogP contribution in [0.5, 0.6) is 0 Å². The number of nitrogens with two attached hydrogens (primary N) is 1. The lowest BCUT2D eigenvalue weighted by Gasteiger charge is -2.23. The molecule has 0 fully saturated rings. The van der Waals surface area contributed by atoms with Gasteiger partial charge in [-0.2, -0.15) is 0 Å². The molecule has 0 bridgehead atoms. The number of hydrogen-bond acceptors (Lipinski definition) is 5. The third-order valence-electron chi connectivity index (χ3n) is 1.40. The predicted molar refractivity (Wildman–Crippen MR) is 67.9 cm³/mol. The Hall–Kier alpha value is 0.140. The predicted octanol–water partition coefficient (Wildman–Crippen LogP) is -1.14. The van der Waals surface area contributed by atoms with Gasteiger partial charge in [-0.1, -0.05) is 0 Å². The molecule has 0 heterocycles. The van der Waals surface area contributed by atoms with Crippen LogP contribution in [0.4, 0.5) is 0 Å². The van der Waals surface area contributed by atoms with Crippen LogP contribution in [0.2, 0.25) is 0 Å². The van der Waals surface area contributed by atoms with Crippen LogP contribution in [-0.4, -0.2) is 71.5 Å². The van der Waals surface area contributed by atoms with Gasteiger partial charge < -0.3 is 29.8 Å². The van der Waals surface area contributed by atoms with Gasteiger partial charge in [0.1, 0.15) is 13.2 Å². The monoisotopic (exact) mass is 325 g/mol. The van der Waals surface area contributed by atoms with Crippen LogP contribution < -0.4 is 5.73 Å². The molecule has 0 aromatic carbocycles. The first-order valence-corrected chi connectivity index (χ1v) is 8.23. The van der Waals surface area contributed by atoms with Crippen molar-refractivity contribution in [3.8, 4) is 0 Å². The summed E-state index contributed by atoms with van der Waals surface area (Å²) in [6.45, 7) is 0.661. The summed E-state index contributed by atoms with van der Waals surface area (Å²) in [6, 6.07) is 0. The summed E-state index contributed by atoms with van der Waals surface area (Å²) >= 11 is 0. The first kappa shape index (κ1) is 21.4. The molecule has 10 nitrogen and oxygen atoms in total. The number of quaternary nitrogens is 1. The Morgan fingerprint density at radius 1 is 0.947 bits per heavy atom. The number of phosphoric ester groups is 2. The lowest BCUT2D eigenvalue weighted by molar-refractivity contribution is -0.870. The maximum absolute atomic E-state index is 10.2. The molecule has 0 saturated heterocycles. The second kappa shape index (κ2) is 9.15. The minimum atomic E-state index is -4.26. The van der Waals surface area contributed by atoms with Gasteiger partial charge in [0.2, 0.25) is 0 Å². The molecule has 0 radical (unpaired) electrons. The highest BCUT2D eigenvalue weighted by molar-refractivity contribution is 7.46. The first-order valence-electron chi connectivity index (χ1n) is 5.17. The van der Waals surface area contributed by atoms with Gasteiger partial charge in [-0.05, 0) is 0 Å². The lowest BCUT2D eigenvalue weighted by atomic mass is 10.5. The maximum Gasteiger partial charge on any atom is 0.469 e. The molecule has 0 aromatic heterocycles. The Morgan fingerprint density at radius 2 is 1.32 bits per heavy atom.